The summed E-state index contributed by atoms with van der Waals surface area (Å²) in [5, 5.41) is 6.08. The van der Waals surface area contributed by atoms with Gasteiger partial charge in [-0.3, -0.25) is 14.6 Å². The molecule has 1 aliphatic heterocycles. The molecule has 2 N–H and O–H groups in total. The van der Waals surface area contributed by atoms with Crippen LogP contribution in [0.5, 0.6) is 5.88 Å². The summed E-state index contributed by atoms with van der Waals surface area (Å²) in [5.74, 6) is -0.469. The summed E-state index contributed by atoms with van der Waals surface area (Å²) in [7, 11) is 1.52. The van der Waals surface area contributed by atoms with Crippen LogP contribution in [0.1, 0.15) is 33.6 Å². The van der Waals surface area contributed by atoms with Crippen LogP contribution in [0.15, 0.2) is 24.4 Å². The van der Waals surface area contributed by atoms with Gasteiger partial charge in [-0.2, -0.15) is 0 Å². The number of nitrogens with zero attached hydrogens (tertiary/aromatic N) is 2. The van der Waals surface area contributed by atoms with Gasteiger partial charge in [-0.1, -0.05) is 0 Å². The Morgan fingerprint density at radius 2 is 1.89 bits per heavy atom. The minimum atomic E-state index is -1.24. The zero-order valence-electron chi connectivity index (χ0n) is 16.7. The Kier molecular flexibility index (Phi) is 5.51. The molecule has 3 rings (SSSR count). The molecule has 0 unspecified atom stereocenters. The third-order valence-corrected chi connectivity index (χ3v) is 4.70. The number of nitrogens with one attached hydrogen (secondary N) is 2. The molecule has 1 amide bonds. The van der Waals surface area contributed by atoms with Crippen LogP contribution in [-0.4, -0.2) is 47.6 Å². The molecule has 8 heteroatoms. The summed E-state index contributed by atoms with van der Waals surface area (Å²) in [6, 6.07) is 5.14. The number of ether oxygens (including phenoxy) is 2. The number of esters is 1. The lowest BCUT2D eigenvalue weighted by atomic mass is 9.77. The minimum Gasteiger partial charge on any atom is -0.481 e. The van der Waals surface area contributed by atoms with Crippen LogP contribution in [0.3, 0.4) is 0 Å². The molecular formula is C20H26N4O4. The highest BCUT2D eigenvalue weighted by Crippen LogP contribution is 2.34. The smallest absolute Gasteiger partial charge is 0.322 e. The van der Waals surface area contributed by atoms with E-state index in [1.165, 1.54) is 7.11 Å². The van der Waals surface area contributed by atoms with E-state index >= 15 is 0 Å². The third kappa shape index (κ3) is 4.06. The lowest BCUT2D eigenvalue weighted by Gasteiger charge is -2.36. The predicted molar refractivity (Wildman–Crippen MR) is 105 cm³/mol. The van der Waals surface area contributed by atoms with Crippen LogP contribution in [0, 0.1) is 5.41 Å². The fourth-order valence-electron chi connectivity index (χ4n) is 3.22. The molecule has 2 aromatic heterocycles. The van der Waals surface area contributed by atoms with E-state index in [9.17, 15) is 9.59 Å². The molecule has 2 aromatic rings. The number of anilines is 1. The van der Waals surface area contributed by atoms with E-state index in [0.29, 0.717) is 48.5 Å². The molecule has 0 atom stereocenters. The molecule has 0 saturated carbocycles. The quantitative estimate of drug-likeness (QED) is 0.614. The Hall–Kier alpha value is -2.74. The molecule has 8 nitrogen and oxygen atoms in total. The van der Waals surface area contributed by atoms with Gasteiger partial charge in [-0.25, -0.2) is 4.98 Å². The van der Waals surface area contributed by atoms with Crippen LogP contribution in [0.25, 0.3) is 11.0 Å². The van der Waals surface area contributed by atoms with Gasteiger partial charge in [-0.05, 0) is 58.8 Å². The summed E-state index contributed by atoms with van der Waals surface area (Å²) in [6.07, 6.45) is 2.33. The fraction of sp³-hybridized carbons (Fsp3) is 0.500. The first-order valence-corrected chi connectivity index (χ1v) is 9.30. The highest BCUT2D eigenvalue weighted by Gasteiger charge is 2.49. The number of aromatic nitrogens is 2. The summed E-state index contributed by atoms with van der Waals surface area (Å²) < 4.78 is 10.8. The van der Waals surface area contributed by atoms with Gasteiger partial charge in [0.2, 0.25) is 11.8 Å². The van der Waals surface area contributed by atoms with Crippen molar-refractivity contribution < 1.29 is 19.1 Å². The van der Waals surface area contributed by atoms with Crippen molar-refractivity contribution in [1.82, 2.24) is 15.3 Å². The number of amides is 1. The number of carbonyl (C=O) groups is 2. The van der Waals surface area contributed by atoms with Gasteiger partial charge < -0.3 is 20.1 Å². The lowest BCUT2D eigenvalue weighted by molar-refractivity contribution is -0.171. The number of rotatable bonds is 4. The molecule has 0 spiro atoms. The molecule has 1 saturated heterocycles. The Morgan fingerprint density at radius 3 is 2.54 bits per heavy atom. The lowest BCUT2D eigenvalue weighted by Crippen LogP contribution is -2.52. The van der Waals surface area contributed by atoms with Crippen LogP contribution in [-0.2, 0) is 14.3 Å². The molecule has 3 heterocycles. The van der Waals surface area contributed by atoms with Gasteiger partial charge in [0.1, 0.15) is 16.5 Å². The summed E-state index contributed by atoms with van der Waals surface area (Å²) in [5.41, 5.74) is -0.311. The van der Waals surface area contributed by atoms with Crippen molar-refractivity contribution in [2.45, 2.75) is 39.2 Å². The fourth-order valence-corrected chi connectivity index (χ4v) is 3.22. The molecule has 1 aliphatic rings. The van der Waals surface area contributed by atoms with Gasteiger partial charge in [0.15, 0.2) is 0 Å². The van der Waals surface area contributed by atoms with Crippen LogP contribution >= 0.6 is 0 Å². The number of hydrogen-bond donors (Lipinski definition) is 2. The molecule has 0 aromatic carbocycles. The van der Waals surface area contributed by atoms with Crippen molar-refractivity contribution in [2.75, 3.05) is 25.5 Å². The molecule has 150 valence electrons. The molecular weight excluding hydrogens is 360 g/mol. The van der Waals surface area contributed by atoms with Gasteiger partial charge in [0.25, 0.3) is 0 Å². The van der Waals surface area contributed by atoms with E-state index in [-0.39, 0.29) is 5.91 Å². The number of carbonyl (C=O) groups excluding carboxylic acids is 2. The predicted octanol–water partition coefficient (Wildman–Crippen LogP) is 2.29. The maximum atomic E-state index is 13.3. The van der Waals surface area contributed by atoms with E-state index in [4.69, 9.17) is 9.47 Å². The summed E-state index contributed by atoms with van der Waals surface area (Å²) >= 11 is 0. The van der Waals surface area contributed by atoms with E-state index in [1.54, 1.807) is 45.2 Å². The summed E-state index contributed by atoms with van der Waals surface area (Å²) in [4.78, 5) is 34.9. The Balaban J connectivity index is 1.94. The molecule has 0 aliphatic carbocycles. The van der Waals surface area contributed by atoms with Gasteiger partial charge in [0.05, 0.1) is 18.3 Å². The molecule has 1 fully saturated rings. The normalized spacial score (nSPS) is 16.4. The zero-order valence-corrected chi connectivity index (χ0v) is 16.7. The number of hydrogen-bond acceptors (Lipinski definition) is 7. The highest BCUT2D eigenvalue weighted by molar-refractivity contribution is 6.11. The van der Waals surface area contributed by atoms with Gasteiger partial charge in [-0.15, -0.1) is 0 Å². The van der Waals surface area contributed by atoms with Crippen molar-refractivity contribution in [3.05, 3.63) is 24.4 Å². The second kappa shape index (κ2) is 7.71. The molecule has 28 heavy (non-hydrogen) atoms. The zero-order chi connectivity index (χ0) is 20.4. The first-order valence-electron chi connectivity index (χ1n) is 9.30. The Labute approximate surface area is 164 Å². The highest BCUT2D eigenvalue weighted by atomic mass is 16.6. The van der Waals surface area contributed by atoms with Crippen molar-refractivity contribution in [3.63, 3.8) is 0 Å². The van der Waals surface area contributed by atoms with Gasteiger partial charge in [0, 0.05) is 12.3 Å². The average molecular weight is 386 g/mol. The van der Waals surface area contributed by atoms with Gasteiger partial charge >= 0.3 is 5.97 Å². The number of fused-ring (bicyclic) bond motifs is 1. The molecule has 0 radical (unpaired) electrons. The Bertz CT molecular complexity index is 885. The number of piperidine rings is 1. The molecule has 0 bridgehead atoms. The number of pyridine rings is 2. The SMILES string of the molecule is COc1ccc2nccc(NC(=O)C3(C(=O)OC(C)(C)C)CCNCC3)c2n1. The monoisotopic (exact) mass is 386 g/mol. The topological polar surface area (TPSA) is 102 Å². The standard InChI is InChI=1S/C20H26N4O4/c1-19(2,3)28-18(26)20(8-11-21-12-9-20)17(25)23-14-7-10-22-13-5-6-15(27-4)24-16(13)14/h5-7,10,21H,8-9,11-12H2,1-4H3,(H,22,23,25). The second-order valence-corrected chi connectivity index (χ2v) is 7.87. The van der Waals surface area contributed by atoms with E-state index < -0.39 is 17.0 Å². The first-order chi connectivity index (χ1) is 13.2. The Morgan fingerprint density at radius 1 is 1.18 bits per heavy atom. The van der Waals surface area contributed by atoms with E-state index in [0.717, 1.165) is 0 Å². The van der Waals surface area contributed by atoms with Crippen molar-refractivity contribution >= 4 is 28.6 Å². The first kappa shape index (κ1) is 20.0. The largest absolute Gasteiger partial charge is 0.481 e. The van der Waals surface area contributed by atoms with Crippen LogP contribution < -0.4 is 15.4 Å². The van der Waals surface area contributed by atoms with Crippen LogP contribution in [0.2, 0.25) is 0 Å². The minimum absolute atomic E-state index is 0.369. The van der Waals surface area contributed by atoms with E-state index in [1.807, 2.05) is 0 Å². The van der Waals surface area contributed by atoms with Crippen molar-refractivity contribution in [2.24, 2.45) is 5.41 Å². The third-order valence-electron chi connectivity index (χ3n) is 4.70. The van der Waals surface area contributed by atoms with E-state index in [2.05, 4.69) is 20.6 Å². The number of methoxy groups -OCH3 is 1. The summed E-state index contributed by atoms with van der Waals surface area (Å²) in [6.45, 7) is 6.52. The van der Waals surface area contributed by atoms with Crippen LogP contribution in [0.4, 0.5) is 5.69 Å². The second-order valence-electron chi connectivity index (χ2n) is 7.87. The average Bonchev–Trinajstić information content (AvgIpc) is 2.67. The maximum Gasteiger partial charge on any atom is 0.322 e. The maximum absolute atomic E-state index is 13.3. The van der Waals surface area contributed by atoms with Crippen molar-refractivity contribution in [3.8, 4) is 5.88 Å². The van der Waals surface area contributed by atoms with Crippen molar-refractivity contribution in [1.29, 1.82) is 0 Å².